The molecule has 0 aliphatic carbocycles. The molecule has 0 heterocycles. The molecule has 2 aromatic rings. The van der Waals surface area contributed by atoms with Gasteiger partial charge in [-0.15, -0.1) is 0 Å². The number of amides is 2. The maximum atomic E-state index is 13.3. The average Bonchev–Trinajstić information content (AvgIpc) is 2.81. The van der Waals surface area contributed by atoms with Crippen LogP contribution in [0.25, 0.3) is 0 Å². The summed E-state index contributed by atoms with van der Waals surface area (Å²) < 4.78 is 26.3. The van der Waals surface area contributed by atoms with Crippen molar-refractivity contribution in [1.82, 2.24) is 10.2 Å². The van der Waals surface area contributed by atoms with Crippen LogP contribution in [0.1, 0.15) is 44.2 Å². The second kappa shape index (κ2) is 13.5. The van der Waals surface area contributed by atoms with Crippen molar-refractivity contribution in [3.63, 3.8) is 0 Å². The summed E-state index contributed by atoms with van der Waals surface area (Å²) in [6, 6.07) is 14.4. The Morgan fingerprint density at radius 1 is 1.03 bits per heavy atom. The molecule has 0 aliphatic heterocycles. The molecule has 0 spiro atoms. The number of hydrogen-bond acceptors (Lipinski definition) is 4. The maximum Gasteiger partial charge on any atom is 0.242 e. The summed E-state index contributed by atoms with van der Waals surface area (Å²) in [5.74, 6) is -0.348. The second-order valence-corrected chi connectivity index (χ2v) is 10.8. The summed E-state index contributed by atoms with van der Waals surface area (Å²) in [7, 11) is -3.58. The topological polar surface area (TPSA) is 86.8 Å². The van der Waals surface area contributed by atoms with Gasteiger partial charge in [-0.25, -0.2) is 8.42 Å². The highest BCUT2D eigenvalue weighted by Gasteiger charge is 2.28. The largest absolute Gasteiger partial charge is 0.355 e. The normalized spacial score (nSPS) is 12.1. The lowest BCUT2D eigenvalue weighted by atomic mass is 10.1. The van der Waals surface area contributed by atoms with E-state index in [1.165, 1.54) is 4.31 Å². The van der Waals surface area contributed by atoms with Crippen molar-refractivity contribution in [2.24, 2.45) is 0 Å². The summed E-state index contributed by atoms with van der Waals surface area (Å²) in [6.45, 7) is 6.52. The molecule has 0 saturated heterocycles. The summed E-state index contributed by atoms with van der Waals surface area (Å²) in [6.07, 6.45) is 2.69. The Bertz CT molecular complexity index is 1090. The monoisotopic (exact) mass is 521 g/mol. The first-order chi connectivity index (χ1) is 16.6. The molecule has 2 aromatic carbocycles. The van der Waals surface area contributed by atoms with E-state index in [1.807, 2.05) is 44.2 Å². The minimum atomic E-state index is -3.58. The number of sulfonamides is 1. The molecule has 1 N–H and O–H groups in total. The van der Waals surface area contributed by atoms with Gasteiger partial charge >= 0.3 is 0 Å². The third kappa shape index (κ3) is 8.25. The molecule has 192 valence electrons. The van der Waals surface area contributed by atoms with Gasteiger partial charge in [0, 0.05) is 31.1 Å². The van der Waals surface area contributed by atoms with Crippen molar-refractivity contribution in [3.8, 4) is 0 Å². The zero-order chi connectivity index (χ0) is 26.0. The van der Waals surface area contributed by atoms with Crippen molar-refractivity contribution in [3.05, 3.63) is 64.7 Å². The van der Waals surface area contributed by atoms with Crippen molar-refractivity contribution in [2.75, 3.05) is 30.2 Å². The van der Waals surface area contributed by atoms with E-state index in [-0.39, 0.29) is 24.8 Å². The second-order valence-electron chi connectivity index (χ2n) is 8.46. The van der Waals surface area contributed by atoms with E-state index in [9.17, 15) is 18.0 Å². The number of carbonyl (C=O) groups is 2. The standard InChI is InChI=1S/C26H36ClN3O4S/c1-5-23(26(32)28-6-2)29(19-17-21-12-8-7-9-13-21)25(31)16-11-18-30(35(4,33)34)24-15-10-14-22(27)20(24)3/h7-10,12-15,23H,5-6,11,16-19H2,1-4H3,(H,28,32). The third-order valence-electron chi connectivity index (χ3n) is 5.88. The fourth-order valence-electron chi connectivity index (χ4n) is 4.04. The average molecular weight is 522 g/mol. The van der Waals surface area contributed by atoms with Crippen LogP contribution in [0.15, 0.2) is 48.5 Å². The highest BCUT2D eigenvalue weighted by Crippen LogP contribution is 2.28. The van der Waals surface area contributed by atoms with Crippen LogP contribution in [0.3, 0.4) is 0 Å². The van der Waals surface area contributed by atoms with E-state index in [1.54, 1.807) is 30.0 Å². The van der Waals surface area contributed by atoms with Crippen molar-refractivity contribution >= 4 is 39.1 Å². The zero-order valence-electron chi connectivity index (χ0n) is 21.0. The van der Waals surface area contributed by atoms with Crippen LogP contribution < -0.4 is 9.62 Å². The highest BCUT2D eigenvalue weighted by atomic mass is 35.5. The Kier molecular flexibility index (Phi) is 11.0. The van der Waals surface area contributed by atoms with Gasteiger partial charge in [0.05, 0.1) is 11.9 Å². The van der Waals surface area contributed by atoms with Gasteiger partial charge in [0.25, 0.3) is 0 Å². The maximum absolute atomic E-state index is 13.3. The molecule has 0 bridgehead atoms. The molecule has 2 rings (SSSR count). The molecule has 0 aliphatic rings. The van der Waals surface area contributed by atoms with Gasteiger partial charge in [-0.05, 0) is 56.4 Å². The van der Waals surface area contributed by atoms with E-state index in [2.05, 4.69) is 5.32 Å². The Hall–Kier alpha value is -2.58. The molecular weight excluding hydrogens is 486 g/mol. The molecule has 0 radical (unpaired) electrons. The molecular formula is C26H36ClN3O4S. The number of rotatable bonds is 13. The molecule has 35 heavy (non-hydrogen) atoms. The first-order valence-corrected chi connectivity index (χ1v) is 14.2. The van der Waals surface area contributed by atoms with E-state index in [0.717, 1.165) is 11.8 Å². The van der Waals surface area contributed by atoms with E-state index >= 15 is 0 Å². The molecule has 7 nitrogen and oxygen atoms in total. The minimum absolute atomic E-state index is 0.121. The van der Waals surface area contributed by atoms with Crippen LogP contribution in [0.4, 0.5) is 5.69 Å². The van der Waals surface area contributed by atoms with Gasteiger partial charge in [0.15, 0.2) is 0 Å². The fourth-order valence-corrected chi connectivity index (χ4v) is 5.22. The zero-order valence-corrected chi connectivity index (χ0v) is 22.5. The van der Waals surface area contributed by atoms with Crippen LogP contribution in [0.5, 0.6) is 0 Å². The number of anilines is 1. The Labute approximate surface area is 214 Å². The Morgan fingerprint density at radius 2 is 1.71 bits per heavy atom. The smallest absolute Gasteiger partial charge is 0.242 e. The van der Waals surface area contributed by atoms with Gasteiger partial charge < -0.3 is 10.2 Å². The third-order valence-corrected chi connectivity index (χ3v) is 7.47. The van der Waals surface area contributed by atoms with Crippen LogP contribution in [-0.4, -0.2) is 57.1 Å². The predicted molar refractivity (Wildman–Crippen MR) is 142 cm³/mol. The molecule has 0 aromatic heterocycles. The summed E-state index contributed by atoms with van der Waals surface area (Å²) in [4.78, 5) is 27.6. The number of benzene rings is 2. The van der Waals surface area contributed by atoms with Crippen LogP contribution in [-0.2, 0) is 26.0 Å². The van der Waals surface area contributed by atoms with E-state index in [4.69, 9.17) is 11.6 Å². The van der Waals surface area contributed by atoms with Gasteiger partial charge in [-0.3, -0.25) is 13.9 Å². The molecule has 1 unspecified atom stereocenters. The lowest BCUT2D eigenvalue weighted by Gasteiger charge is -2.31. The van der Waals surface area contributed by atoms with Crippen LogP contribution >= 0.6 is 11.6 Å². The number of likely N-dealkylation sites (N-methyl/N-ethyl adjacent to an activating group) is 1. The fraction of sp³-hybridized carbons (Fsp3) is 0.462. The summed E-state index contributed by atoms with van der Waals surface area (Å²) in [5, 5.41) is 3.30. The Morgan fingerprint density at radius 3 is 2.31 bits per heavy atom. The first kappa shape index (κ1) is 28.7. The summed E-state index contributed by atoms with van der Waals surface area (Å²) in [5.41, 5.74) is 2.25. The Balaban J connectivity index is 2.17. The van der Waals surface area contributed by atoms with Crippen molar-refractivity contribution < 1.29 is 18.0 Å². The molecule has 1 atom stereocenters. The summed E-state index contributed by atoms with van der Waals surface area (Å²) >= 11 is 6.21. The van der Waals surface area contributed by atoms with Gasteiger partial charge in [0.1, 0.15) is 6.04 Å². The van der Waals surface area contributed by atoms with E-state index in [0.29, 0.717) is 48.6 Å². The van der Waals surface area contributed by atoms with Crippen LogP contribution in [0.2, 0.25) is 5.02 Å². The lowest BCUT2D eigenvalue weighted by molar-refractivity contribution is -0.140. The van der Waals surface area contributed by atoms with Gasteiger partial charge in [0.2, 0.25) is 21.8 Å². The van der Waals surface area contributed by atoms with E-state index < -0.39 is 16.1 Å². The lowest BCUT2D eigenvalue weighted by Crippen LogP contribution is -2.50. The first-order valence-electron chi connectivity index (χ1n) is 11.9. The van der Waals surface area contributed by atoms with Crippen molar-refractivity contribution in [1.29, 1.82) is 0 Å². The number of hydrogen-bond donors (Lipinski definition) is 1. The number of carbonyl (C=O) groups excluding carboxylic acids is 2. The SMILES string of the molecule is CCNC(=O)C(CC)N(CCc1ccccc1)C(=O)CCCN(c1cccc(Cl)c1C)S(C)(=O)=O. The quantitative estimate of drug-likeness (QED) is 0.428. The number of halogens is 1. The minimum Gasteiger partial charge on any atom is -0.355 e. The molecule has 2 amide bonds. The number of nitrogens with one attached hydrogen (secondary N) is 1. The predicted octanol–water partition coefficient (Wildman–Crippen LogP) is 4.18. The number of nitrogens with zero attached hydrogens (tertiary/aromatic N) is 2. The van der Waals surface area contributed by atoms with Crippen molar-refractivity contribution in [2.45, 2.75) is 52.5 Å². The van der Waals surface area contributed by atoms with Crippen LogP contribution in [0, 0.1) is 6.92 Å². The highest BCUT2D eigenvalue weighted by molar-refractivity contribution is 7.92. The molecule has 9 heteroatoms. The molecule has 0 saturated carbocycles. The molecule has 0 fully saturated rings. The van der Waals surface area contributed by atoms with Gasteiger partial charge in [-0.1, -0.05) is 54.9 Å². The van der Waals surface area contributed by atoms with Gasteiger partial charge in [-0.2, -0.15) is 0 Å².